The first-order valence-corrected chi connectivity index (χ1v) is 18.8. The van der Waals surface area contributed by atoms with E-state index in [9.17, 15) is 14.4 Å². The number of para-hydroxylation sites is 2. The van der Waals surface area contributed by atoms with Crippen LogP contribution in [0.5, 0.6) is 0 Å². The van der Waals surface area contributed by atoms with Crippen molar-refractivity contribution in [2.45, 2.75) is 46.0 Å². The van der Waals surface area contributed by atoms with Crippen molar-refractivity contribution in [3.63, 3.8) is 0 Å². The molecule has 15 nitrogen and oxygen atoms in total. The number of halogens is 3. The molecule has 0 saturated carbocycles. The van der Waals surface area contributed by atoms with Gasteiger partial charge in [0.05, 0.1) is 47.0 Å². The number of anilines is 7. The number of nitrogens with zero attached hydrogens (tertiary/aromatic N) is 6. The summed E-state index contributed by atoms with van der Waals surface area (Å²) in [5, 5.41) is 35.3. The summed E-state index contributed by atoms with van der Waals surface area (Å²) in [7, 11) is 0. The van der Waals surface area contributed by atoms with Gasteiger partial charge >= 0.3 is 0 Å². The van der Waals surface area contributed by atoms with Crippen LogP contribution in [0.4, 0.5) is 40.3 Å². The summed E-state index contributed by atoms with van der Waals surface area (Å²) >= 11 is 18.2. The third-order valence-corrected chi connectivity index (χ3v) is 9.63. The van der Waals surface area contributed by atoms with E-state index in [-0.39, 0.29) is 51.6 Å². The minimum atomic E-state index is -0.383. The van der Waals surface area contributed by atoms with Gasteiger partial charge in [0, 0.05) is 17.8 Å². The van der Waals surface area contributed by atoms with Gasteiger partial charge in [-0.2, -0.15) is 20.5 Å². The number of hydrogen-bond acceptors (Lipinski definition) is 12. The zero-order valence-corrected chi connectivity index (χ0v) is 34.0. The van der Waals surface area contributed by atoms with E-state index in [0.29, 0.717) is 46.5 Å². The summed E-state index contributed by atoms with van der Waals surface area (Å²) in [4.78, 5) is 53.3. The van der Waals surface area contributed by atoms with Crippen LogP contribution in [0.1, 0.15) is 64.1 Å². The summed E-state index contributed by atoms with van der Waals surface area (Å²) < 4.78 is 0. The number of amides is 3. The topological polar surface area (TPSA) is 223 Å². The molecule has 0 radical (unpaired) electrons. The SMILES string of the molecule is Cc1cccc(C(=O)NCC#N)c1Nc1nc(Cl)ncc1Cl.Cc1cccc(C(=O)NCC#N)c1Nc1nc(Nc2ccc3c(c2)C(C)(C)CCC(=O)N3)ncc1Cl. The second-order valence-electron chi connectivity index (χ2n) is 13.5. The van der Waals surface area contributed by atoms with Crippen molar-refractivity contribution >= 4 is 92.9 Å². The number of carbonyl (C=O) groups excluding carboxylic acids is 3. The molecule has 296 valence electrons. The van der Waals surface area contributed by atoms with Crippen LogP contribution in [-0.4, -0.2) is 50.7 Å². The van der Waals surface area contributed by atoms with Crippen LogP contribution in [0.15, 0.2) is 67.0 Å². The highest BCUT2D eigenvalue weighted by atomic mass is 35.5. The molecule has 5 aromatic rings. The molecule has 3 aromatic carbocycles. The number of fused-ring (bicyclic) bond motifs is 1. The maximum atomic E-state index is 12.6. The lowest BCUT2D eigenvalue weighted by molar-refractivity contribution is -0.116. The fraction of sp³-hybridized carbons (Fsp3) is 0.225. The van der Waals surface area contributed by atoms with Crippen molar-refractivity contribution in [2.24, 2.45) is 0 Å². The number of aromatic nitrogens is 4. The maximum absolute atomic E-state index is 12.6. The Morgan fingerprint density at radius 3 is 1.91 bits per heavy atom. The quantitative estimate of drug-likeness (QED) is 0.0578. The molecule has 3 heterocycles. The summed E-state index contributed by atoms with van der Waals surface area (Å²) in [6.07, 6.45) is 4.05. The molecule has 6 rings (SSSR count). The largest absolute Gasteiger partial charge is 0.339 e. The van der Waals surface area contributed by atoms with Crippen LogP contribution < -0.4 is 31.9 Å². The maximum Gasteiger partial charge on any atom is 0.254 e. The smallest absolute Gasteiger partial charge is 0.254 e. The number of carbonyl (C=O) groups is 3. The predicted molar refractivity (Wildman–Crippen MR) is 225 cm³/mol. The van der Waals surface area contributed by atoms with E-state index >= 15 is 0 Å². The summed E-state index contributed by atoms with van der Waals surface area (Å²) in [6.45, 7) is 7.74. The zero-order chi connectivity index (χ0) is 42.0. The lowest BCUT2D eigenvalue weighted by Gasteiger charge is -2.25. The van der Waals surface area contributed by atoms with Crippen molar-refractivity contribution in [2.75, 3.05) is 34.4 Å². The Bertz CT molecular complexity index is 2460. The minimum Gasteiger partial charge on any atom is -0.339 e. The Kier molecular flexibility index (Phi) is 14.0. The van der Waals surface area contributed by atoms with Gasteiger partial charge < -0.3 is 31.9 Å². The fourth-order valence-corrected chi connectivity index (χ4v) is 6.26. The van der Waals surface area contributed by atoms with Gasteiger partial charge in [-0.15, -0.1) is 0 Å². The molecule has 1 aliphatic heterocycles. The number of hydrogen-bond donors (Lipinski definition) is 6. The molecule has 0 spiro atoms. The number of aryl methyl sites for hydroxylation is 2. The Hall–Kier alpha value is -6.52. The zero-order valence-electron chi connectivity index (χ0n) is 31.7. The van der Waals surface area contributed by atoms with Gasteiger partial charge in [0.15, 0.2) is 11.6 Å². The predicted octanol–water partition coefficient (Wildman–Crippen LogP) is 8.28. The third-order valence-electron chi connectivity index (χ3n) is 8.89. The molecule has 2 aromatic heterocycles. The number of nitriles is 2. The molecule has 1 aliphatic rings. The van der Waals surface area contributed by atoms with E-state index in [4.69, 9.17) is 45.3 Å². The number of rotatable bonds is 10. The van der Waals surface area contributed by atoms with E-state index in [1.807, 2.05) is 56.3 Å². The molecule has 0 saturated heterocycles. The third kappa shape index (κ3) is 10.7. The normalized spacial score (nSPS) is 12.5. The summed E-state index contributed by atoms with van der Waals surface area (Å²) in [6, 6.07) is 20.0. The average molecular weight is 840 g/mol. The molecular weight excluding hydrogens is 803 g/mol. The Morgan fingerprint density at radius 2 is 1.34 bits per heavy atom. The highest BCUT2D eigenvalue weighted by Gasteiger charge is 2.29. The second-order valence-corrected chi connectivity index (χ2v) is 14.6. The van der Waals surface area contributed by atoms with Gasteiger partial charge in [-0.3, -0.25) is 14.4 Å². The monoisotopic (exact) mass is 838 g/mol. The van der Waals surface area contributed by atoms with E-state index in [0.717, 1.165) is 34.5 Å². The van der Waals surface area contributed by atoms with Crippen molar-refractivity contribution < 1.29 is 14.4 Å². The van der Waals surface area contributed by atoms with Crippen molar-refractivity contribution in [1.82, 2.24) is 30.6 Å². The molecule has 0 atom stereocenters. The van der Waals surface area contributed by atoms with Gasteiger partial charge in [-0.25, -0.2) is 9.97 Å². The standard InChI is InChI=1S/C26H26ClN7O2.C14H11Cl2N5O/c1-15-5-4-6-17(24(36)29-12-11-28)22(15)33-23-19(27)14-30-25(34-23)31-16-7-8-20-18(13-16)26(2,3)10-9-21(35)32-20;1-8-3-2-4-9(13(22)18-6-5-17)11(8)20-12-10(15)7-19-14(16)21-12/h4-8,13-14H,9-10,12H2,1-3H3,(H,29,36)(H,32,35)(H2,30,31,33,34);2-4,7H,6H2,1H3,(H,18,22)(H,19,20,21). The lowest BCUT2D eigenvalue weighted by Crippen LogP contribution is -2.24. The molecule has 0 unspecified atom stereocenters. The molecule has 3 amide bonds. The molecule has 58 heavy (non-hydrogen) atoms. The molecular formula is C40H37Cl3N12O3. The van der Waals surface area contributed by atoms with Crippen LogP contribution in [0, 0.1) is 36.5 Å². The molecule has 0 bridgehead atoms. The lowest BCUT2D eigenvalue weighted by atomic mass is 9.80. The van der Waals surface area contributed by atoms with Crippen LogP contribution in [0.25, 0.3) is 0 Å². The van der Waals surface area contributed by atoms with Crippen LogP contribution >= 0.6 is 34.8 Å². The highest BCUT2D eigenvalue weighted by Crippen LogP contribution is 2.39. The van der Waals surface area contributed by atoms with E-state index in [1.54, 1.807) is 24.3 Å². The first kappa shape index (κ1) is 42.6. The first-order valence-electron chi connectivity index (χ1n) is 17.7. The van der Waals surface area contributed by atoms with Gasteiger partial charge in [0.2, 0.25) is 17.1 Å². The van der Waals surface area contributed by atoms with Crippen molar-refractivity contribution in [3.8, 4) is 12.1 Å². The van der Waals surface area contributed by atoms with E-state index < -0.39 is 0 Å². The molecule has 0 aliphatic carbocycles. The summed E-state index contributed by atoms with van der Waals surface area (Å²) in [5.41, 5.74) is 5.83. The van der Waals surface area contributed by atoms with Crippen molar-refractivity contribution in [3.05, 3.63) is 110 Å². The van der Waals surface area contributed by atoms with Crippen LogP contribution in [0.2, 0.25) is 15.3 Å². The Labute approximate surface area is 349 Å². The van der Waals surface area contributed by atoms with E-state index in [1.165, 1.54) is 12.4 Å². The molecule has 18 heteroatoms. The van der Waals surface area contributed by atoms with Crippen molar-refractivity contribution in [1.29, 1.82) is 10.5 Å². The average Bonchev–Trinajstić information content (AvgIpc) is 3.31. The second kappa shape index (κ2) is 19.1. The fourth-order valence-electron chi connectivity index (χ4n) is 5.85. The highest BCUT2D eigenvalue weighted by molar-refractivity contribution is 6.34. The van der Waals surface area contributed by atoms with E-state index in [2.05, 4.69) is 65.7 Å². The van der Waals surface area contributed by atoms with Crippen LogP contribution in [0.3, 0.4) is 0 Å². The number of nitrogens with one attached hydrogen (secondary N) is 6. The van der Waals surface area contributed by atoms with Gasteiger partial charge in [0.25, 0.3) is 11.8 Å². The van der Waals surface area contributed by atoms with Crippen LogP contribution in [-0.2, 0) is 10.2 Å². The van der Waals surface area contributed by atoms with Gasteiger partial charge in [-0.1, -0.05) is 61.3 Å². The number of benzene rings is 3. The van der Waals surface area contributed by atoms with Gasteiger partial charge in [-0.05, 0) is 84.3 Å². The minimum absolute atomic E-state index is 0.0103. The first-order chi connectivity index (χ1) is 27.7. The van der Waals surface area contributed by atoms with Gasteiger partial charge in [0.1, 0.15) is 23.1 Å². The molecule has 0 fully saturated rings. The Balaban J connectivity index is 0.000000249. The Morgan fingerprint density at radius 1 is 0.793 bits per heavy atom. The summed E-state index contributed by atoms with van der Waals surface area (Å²) in [5.74, 6) is 0.179. The molecule has 6 N–H and O–H groups in total.